The first kappa shape index (κ1) is 25.9. The molecule has 7 nitrogen and oxygen atoms in total. The number of amides is 1. The van der Waals surface area contributed by atoms with Gasteiger partial charge in [-0.05, 0) is 67.4 Å². The lowest BCUT2D eigenvalue weighted by atomic mass is 9.87. The Morgan fingerprint density at radius 1 is 1.14 bits per heavy atom. The normalized spacial score (nSPS) is 15.1. The lowest BCUT2D eigenvalue weighted by molar-refractivity contribution is -0.126. The van der Waals surface area contributed by atoms with E-state index in [0.717, 1.165) is 50.1 Å². The van der Waals surface area contributed by atoms with Crippen LogP contribution in [0.25, 0.3) is 11.4 Å². The molecule has 1 N–H and O–H groups in total. The Labute approximate surface area is 214 Å². The van der Waals surface area contributed by atoms with Crippen molar-refractivity contribution < 1.29 is 14.1 Å². The van der Waals surface area contributed by atoms with E-state index in [9.17, 15) is 4.79 Å². The smallest absolute Gasteiger partial charge is 0.241 e. The number of likely N-dealkylation sites (tertiary alicyclic amines) is 1. The van der Waals surface area contributed by atoms with E-state index in [1.165, 1.54) is 11.1 Å². The first-order chi connectivity index (χ1) is 17.3. The van der Waals surface area contributed by atoms with Gasteiger partial charge in [-0.1, -0.05) is 62.3 Å². The Morgan fingerprint density at radius 2 is 1.89 bits per heavy atom. The second-order valence-electron chi connectivity index (χ2n) is 10.6. The maximum absolute atomic E-state index is 12.6. The molecule has 0 aliphatic carbocycles. The molecule has 192 valence electrons. The number of ether oxygens (including phenoxy) is 1. The van der Waals surface area contributed by atoms with E-state index in [-0.39, 0.29) is 17.2 Å². The van der Waals surface area contributed by atoms with Crippen LogP contribution < -0.4 is 10.1 Å². The summed E-state index contributed by atoms with van der Waals surface area (Å²) < 4.78 is 10.8. The number of hydrogen-bond acceptors (Lipinski definition) is 6. The highest BCUT2D eigenvalue weighted by Gasteiger charge is 2.26. The van der Waals surface area contributed by atoms with Gasteiger partial charge in [-0.25, -0.2) is 0 Å². The van der Waals surface area contributed by atoms with Crippen LogP contribution in [0.4, 0.5) is 0 Å². The molecular formula is C29H38N4O3. The lowest BCUT2D eigenvalue weighted by Crippen LogP contribution is -2.40. The molecule has 4 rings (SSSR count). The first-order valence-corrected chi connectivity index (χ1v) is 12.9. The summed E-state index contributed by atoms with van der Waals surface area (Å²) in [4.78, 5) is 19.5. The van der Waals surface area contributed by atoms with E-state index in [4.69, 9.17) is 9.26 Å². The second-order valence-corrected chi connectivity index (χ2v) is 10.6. The summed E-state index contributed by atoms with van der Waals surface area (Å²) in [7, 11) is 1.68. The van der Waals surface area contributed by atoms with E-state index in [1.54, 1.807) is 7.11 Å². The number of rotatable bonds is 9. The third kappa shape index (κ3) is 6.94. The zero-order valence-electron chi connectivity index (χ0n) is 21.9. The summed E-state index contributed by atoms with van der Waals surface area (Å²) in [5.74, 6) is 2.34. The van der Waals surface area contributed by atoms with Crippen molar-refractivity contribution in [1.29, 1.82) is 0 Å². The van der Waals surface area contributed by atoms with Gasteiger partial charge < -0.3 is 14.6 Å². The van der Waals surface area contributed by atoms with E-state index in [0.29, 0.717) is 24.8 Å². The topological polar surface area (TPSA) is 80.5 Å². The quantitative estimate of drug-likeness (QED) is 0.425. The summed E-state index contributed by atoms with van der Waals surface area (Å²) in [6, 6.07) is 16.4. The van der Waals surface area contributed by atoms with Crippen LogP contribution in [0.1, 0.15) is 57.1 Å². The molecule has 0 atom stereocenters. The van der Waals surface area contributed by atoms with Crippen LogP contribution in [0.15, 0.2) is 53.1 Å². The fraction of sp³-hybridized carbons (Fsp3) is 0.483. The highest BCUT2D eigenvalue weighted by Crippen LogP contribution is 2.25. The molecule has 1 aromatic heterocycles. The molecule has 1 aliphatic rings. The number of piperidine rings is 1. The monoisotopic (exact) mass is 490 g/mol. The SMILES string of the molecule is COc1cccc(CCCNC(=O)C2CCN(Cc3nc(-c4ccc(C(C)(C)C)cc4)no3)CC2)c1. The van der Waals surface area contributed by atoms with Crippen LogP contribution in [-0.2, 0) is 23.2 Å². The van der Waals surface area contributed by atoms with E-state index >= 15 is 0 Å². The molecular weight excluding hydrogens is 452 g/mol. The number of aromatic nitrogens is 2. The molecule has 1 fully saturated rings. The summed E-state index contributed by atoms with van der Waals surface area (Å²) in [6.07, 6.45) is 3.52. The number of methoxy groups -OCH3 is 1. The number of benzene rings is 2. The van der Waals surface area contributed by atoms with Crippen LogP contribution >= 0.6 is 0 Å². The van der Waals surface area contributed by atoms with E-state index in [2.05, 4.69) is 71.5 Å². The van der Waals surface area contributed by atoms with Crippen molar-refractivity contribution in [1.82, 2.24) is 20.4 Å². The molecule has 1 amide bonds. The van der Waals surface area contributed by atoms with Crippen LogP contribution in [0.2, 0.25) is 0 Å². The molecule has 0 saturated carbocycles. The van der Waals surface area contributed by atoms with Crippen molar-refractivity contribution in [2.24, 2.45) is 5.92 Å². The summed E-state index contributed by atoms with van der Waals surface area (Å²) in [5.41, 5.74) is 3.57. The van der Waals surface area contributed by atoms with Crippen LogP contribution in [0.3, 0.4) is 0 Å². The first-order valence-electron chi connectivity index (χ1n) is 12.9. The summed E-state index contributed by atoms with van der Waals surface area (Å²) in [5, 5.41) is 7.30. The van der Waals surface area contributed by atoms with Gasteiger partial charge in [-0.3, -0.25) is 9.69 Å². The zero-order chi connectivity index (χ0) is 25.5. The number of hydrogen-bond donors (Lipinski definition) is 1. The minimum Gasteiger partial charge on any atom is -0.497 e. The standard InChI is InChI=1S/C29H38N4O3/c1-29(2,3)24-12-10-22(11-13-24)27-31-26(36-32-27)20-33-17-14-23(15-18-33)28(34)30-16-6-8-21-7-5-9-25(19-21)35-4/h5,7,9-13,19,23H,6,8,14-18,20H2,1-4H3,(H,30,34). The molecule has 36 heavy (non-hydrogen) atoms. The minimum atomic E-state index is 0.0673. The van der Waals surface area contributed by atoms with Gasteiger partial charge in [0, 0.05) is 18.0 Å². The van der Waals surface area contributed by atoms with Gasteiger partial charge in [0.05, 0.1) is 13.7 Å². The van der Waals surface area contributed by atoms with Gasteiger partial charge in [0.2, 0.25) is 17.6 Å². The average Bonchev–Trinajstić information content (AvgIpc) is 3.35. The zero-order valence-corrected chi connectivity index (χ0v) is 21.9. The Bertz CT molecular complexity index is 1130. The number of nitrogens with zero attached hydrogens (tertiary/aromatic N) is 3. The van der Waals surface area contributed by atoms with Gasteiger partial charge in [0.15, 0.2) is 0 Å². The molecule has 2 aromatic carbocycles. The molecule has 0 radical (unpaired) electrons. The lowest BCUT2D eigenvalue weighted by Gasteiger charge is -2.30. The van der Waals surface area contributed by atoms with Crippen molar-refractivity contribution in [2.45, 2.75) is 58.4 Å². The predicted octanol–water partition coefficient (Wildman–Crippen LogP) is 5.00. The van der Waals surface area contributed by atoms with Crippen LogP contribution in [0.5, 0.6) is 5.75 Å². The molecule has 1 aliphatic heterocycles. The maximum Gasteiger partial charge on any atom is 0.241 e. The highest BCUT2D eigenvalue weighted by atomic mass is 16.5. The average molecular weight is 491 g/mol. The minimum absolute atomic E-state index is 0.0673. The van der Waals surface area contributed by atoms with Crippen molar-refractivity contribution in [3.8, 4) is 17.1 Å². The third-order valence-corrected chi connectivity index (χ3v) is 6.87. The number of carbonyl (C=O) groups is 1. The molecule has 0 spiro atoms. The molecule has 2 heterocycles. The molecule has 1 saturated heterocycles. The van der Waals surface area contributed by atoms with Gasteiger partial charge >= 0.3 is 0 Å². The number of aryl methyl sites for hydroxylation is 1. The maximum atomic E-state index is 12.6. The Morgan fingerprint density at radius 3 is 2.58 bits per heavy atom. The van der Waals surface area contributed by atoms with Gasteiger partial charge in [0.25, 0.3) is 0 Å². The summed E-state index contributed by atoms with van der Waals surface area (Å²) in [6.45, 7) is 9.60. The van der Waals surface area contributed by atoms with Crippen LogP contribution in [0, 0.1) is 5.92 Å². The van der Waals surface area contributed by atoms with Gasteiger partial charge in [-0.2, -0.15) is 4.98 Å². The second kappa shape index (κ2) is 11.7. The molecule has 0 unspecified atom stereocenters. The Hall–Kier alpha value is -3.19. The predicted molar refractivity (Wildman–Crippen MR) is 141 cm³/mol. The highest BCUT2D eigenvalue weighted by molar-refractivity contribution is 5.78. The molecule has 0 bridgehead atoms. The van der Waals surface area contributed by atoms with E-state index in [1.807, 2.05) is 18.2 Å². The van der Waals surface area contributed by atoms with Crippen molar-refractivity contribution >= 4 is 5.91 Å². The third-order valence-electron chi connectivity index (χ3n) is 6.87. The summed E-state index contributed by atoms with van der Waals surface area (Å²) >= 11 is 0. The Kier molecular flexibility index (Phi) is 8.41. The van der Waals surface area contributed by atoms with Gasteiger partial charge in [-0.15, -0.1) is 0 Å². The van der Waals surface area contributed by atoms with Crippen molar-refractivity contribution in [3.63, 3.8) is 0 Å². The van der Waals surface area contributed by atoms with Crippen molar-refractivity contribution in [3.05, 3.63) is 65.5 Å². The fourth-order valence-electron chi connectivity index (χ4n) is 4.58. The Balaban J connectivity index is 1.18. The molecule has 3 aromatic rings. The van der Waals surface area contributed by atoms with E-state index < -0.39 is 0 Å². The van der Waals surface area contributed by atoms with Crippen LogP contribution in [-0.4, -0.2) is 47.7 Å². The molecule has 7 heteroatoms. The van der Waals surface area contributed by atoms with Gasteiger partial charge in [0.1, 0.15) is 5.75 Å². The van der Waals surface area contributed by atoms with Crippen molar-refractivity contribution in [2.75, 3.05) is 26.7 Å². The largest absolute Gasteiger partial charge is 0.497 e. The fourth-order valence-corrected chi connectivity index (χ4v) is 4.58. The number of carbonyl (C=O) groups excluding carboxylic acids is 1. The number of nitrogens with one attached hydrogen (secondary N) is 1.